The number of rotatable bonds is 4. The first-order valence-electron chi connectivity index (χ1n) is 6.78. The van der Waals surface area contributed by atoms with E-state index >= 15 is 0 Å². The predicted molar refractivity (Wildman–Crippen MR) is 76.3 cm³/mol. The third kappa shape index (κ3) is 3.54. The van der Waals surface area contributed by atoms with Crippen molar-refractivity contribution in [1.82, 2.24) is 14.9 Å². The zero-order valence-electron chi connectivity index (χ0n) is 11.9. The third-order valence-electron chi connectivity index (χ3n) is 3.46. The normalized spacial score (nSPS) is 20.5. The van der Waals surface area contributed by atoms with Crippen molar-refractivity contribution in [2.75, 3.05) is 43.8 Å². The minimum absolute atomic E-state index is 0.199. The van der Waals surface area contributed by atoms with Crippen LogP contribution in [0, 0.1) is 13.8 Å². The number of nitrogens with two attached hydrogens (primary N) is 1. The number of aryl methyl sites for hydroxylation is 1. The highest BCUT2D eigenvalue weighted by Crippen LogP contribution is 2.17. The van der Waals surface area contributed by atoms with Crippen molar-refractivity contribution in [3.05, 3.63) is 11.4 Å². The van der Waals surface area contributed by atoms with E-state index in [2.05, 4.69) is 27.1 Å². The lowest BCUT2D eigenvalue weighted by Gasteiger charge is -2.32. The maximum Gasteiger partial charge on any atom is 0.134 e. The molecule has 0 saturated carbocycles. The first-order chi connectivity index (χ1) is 9.10. The van der Waals surface area contributed by atoms with Crippen LogP contribution in [0.4, 0.5) is 11.6 Å². The summed E-state index contributed by atoms with van der Waals surface area (Å²) < 4.78 is 5.75. The Morgan fingerprint density at radius 3 is 2.95 bits per heavy atom. The van der Waals surface area contributed by atoms with Crippen molar-refractivity contribution in [3.63, 3.8) is 0 Å². The van der Waals surface area contributed by atoms with Gasteiger partial charge in [-0.2, -0.15) is 0 Å². The van der Waals surface area contributed by atoms with Gasteiger partial charge in [0, 0.05) is 25.2 Å². The van der Waals surface area contributed by atoms with Crippen LogP contribution in [0.3, 0.4) is 0 Å². The highest BCUT2D eigenvalue weighted by molar-refractivity contribution is 5.54. The van der Waals surface area contributed by atoms with Crippen molar-refractivity contribution < 1.29 is 4.74 Å². The zero-order valence-corrected chi connectivity index (χ0v) is 11.9. The summed E-state index contributed by atoms with van der Waals surface area (Å²) in [4.78, 5) is 10.9. The second-order valence-corrected chi connectivity index (χ2v) is 4.90. The number of nitrogen functional groups attached to an aromatic ring is 1. The van der Waals surface area contributed by atoms with Gasteiger partial charge in [-0.1, -0.05) is 6.92 Å². The van der Waals surface area contributed by atoms with Crippen LogP contribution in [0.1, 0.15) is 18.3 Å². The Bertz CT molecular complexity index is 437. The lowest BCUT2D eigenvalue weighted by molar-refractivity contribution is -0.0192. The molecular weight excluding hydrogens is 242 g/mol. The molecule has 0 aliphatic carbocycles. The molecule has 2 rings (SSSR count). The standard InChI is InChI=1S/C13H23N5O/c1-4-18-5-6-19-11(8-18)7-15-13-9(2)12(14)16-10(3)17-13/h11H,4-8H2,1-3H3,(H3,14,15,16,17). The number of likely N-dealkylation sites (N-methyl/N-ethyl adjacent to an activating group) is 1. The molecule has 0 aromatic carbocycles. The van der Waals surface area contributed by atoms with Crippen LogP contribution >= 0.6 is 0 Å². The Morgan fingerprint density at radius 2 is 2.21 bits per heavy atom. The molecule has 0 amide bonds. The fourth-order valence-electron chi connectivity index (χ4n) is 2.22. The average Bonchev–Trinajstić information content (AvgIpc) is 2.41. The number of nitrogens with one attached hydrogen (secondary N) is 1. The lowest BCUT2D eigenvalue weighted by atomic mass is 10.2. The summed E-state index contributed by atoms with van der Waals surface area (Å²) in [5.41, 5.74) is 6.74. The highest BCUT2D eigenvalue weighted by atomic mass is 16.5. The first kappa shape index (κ1) is 14.0. The van der Waals surface area contributed by atoms with Gasteiger partial charge in [-0.25, -0.2) is 9.97 Å². The number of hydrogen-bond donors (Lipinski definition) is 2. The van der Waals surface area contributed by atoms with E-state index in [-0.39, 0.29) is 6.10 Å². The van der Waals surface area contributed by atoms with Gasteiger partial charge in [-0.3, -0.25) is 4.90 Å². The van der Waals surface area contributed by atoms with Crippen LogP contribution < -0.4 is 11.1 Å². The van der Waals surface area contributed by atoms with Crippen molar-refractivity contribution >= 4 is 11.6 Å². The zero-order chi connectivity index (χ0) is 13.8. The number of nitrogens with zero attached hydrogens (tertiary/aromatic N) is 3. The minimum atomic E-state index is 0.199. The Hall–Kier alpha value is -1.40. The van der Waals surface area contributed by atoms with Gasteiger partial charge in [0.1, 0.15) is 17.5 Å². The van der Waals surface area contributed by atoms with Crippen molar-refractivity contribution in [1.29, 1.82) is 0 Å². The Labute approximate surface area is 114 Å². The van der Waals surface area contributed by atoms with E-state index in [0.29, 0.717) is 11.6 Å². The van der Waals surface area contributed by atoms with Gasteiger partial charge >= 0.3 is 0 Å². The van der Waals surface area contributed by atoms with Crippen LogP contribution in [0.2, 0.25) is 0 Å². The Kier molecular flexibility index (Phi) is 4.55. The summed E-state index contributed by atoms with van der Waals surface area (Å²) >= 11 is 0. The van der Waals surface area contributed by atoms with Crippen LogP contribution in [-0.2, 0) is 4.74 Å². The van der Waals surface area contributed by atoms with E-state index in [1.807, 2.05) is 13.8 Å². The number of anilines is 2. The van der Waals surface area contributed by atoms with Crippen LogP contribution in [-0.4, -0.2) is 53.8 Å². The lowest BCUT2D eigenvalue weighted by Crippen LogP contribution is -2.45. The van der Waals surface area contributed by atoms with Gasteiger partial charge in [0.05, 0.1) is 12.7 Å². The Balaban J connectivity index is 1.95. The summed E-state index contributed by atoms with van der Waals surface area (Å²) in [6.07, 6.45) is 0.199. The summed E-state index contributed by atoms with van der Waals surface area (Å²) in [5, 5.41) is 3.33. The molecule has 1 aromatic rings. The molecule has 106 valence electrons. The van der Waals surface area contributed by atoms with E-state index in [0.717, 1.165) is 44.2 Å². The summed E-state index contributed by atoms with van der Waals surface area (Å²) in [5.74, 6) is 2.03. The van der Waals surface area contributed by atoms with E-state index in [1.54, 1.807) is 0 Å². The van der Waals surface area contributed by atoms with Gasteiger partial charge in [0.2, 0.25) is 0 Å². The molecular formula is C13H23N5O. The topological polar surface area (TPSA) is 76.3 Å². The molecule has 1 aliphatic heterocycles. The minimum Gasteiger partial charge on any atom is -0.383 e. The maximum atomic E-state index is 5.84. The highest BCUT2D eigenvalue weighted by Gasteiger charge is 2.19. The molecule has 2 heterocycles. The van der Waals surface area contributed by atoms with Crippen molar-refractivity contribution in [2.45, 2.75) is 26.9 Å². The van der Waals surface area contributed by atoms with Crippen LogP contribution in [0.25, 0.3) is 0 Å². The summed E-state index contributed by atoms with van der Waals surface area (Å²) in [7, 11) is 0. The fraction of sp³-hybridized carbons (Fsp3) is 0.692. The molecule has 1 unspecified atom stereocenters. The molecule has 1 fully saturated rings. The molecule has 1 saturated heterocycles. The second kappa shape index (κ2) is 6.16. The molecule has 0 bridgehead atoms. The molecule has 3 N–H and O–H groups in total. The molecule has 1 aliphatic rings. The first-order valence-corrected chi connectivity index (χ1v) is 6.78. The predicted octanol–water partition coefficient (Wildman–Crippen LogP) is 0.808. The van der Waals surface area contributed by atoms with Gasteiger partial charge in [0.15, 0.2) is 0 Å². The monoisotopic (exact) mass is 265 g/mol. The van der Waals surface area contributed by atoms with E-state index in [4.69, 9.17) is 10.5 Å². The third-order valence-corrected chi connectivity index (χ3v) is 3.46. The van der Waals surface area contributed by atoms with E-state index < -0.39 is 0 Å². The smallest absolute Gasteiger partial charge is 0.134 e. The SMILES string of the molecule is CCN1CCOC(CNc2nc(C)nc(N)c2C)C1. The van der Waals surface area contributed by atoms with Gasteiger partial charge < -0.3 is 15.8 Å². The average molecular weight is 265 g/mol. The molecule has 1 atom stereocenters. The van der Waals surface area contributed by atoms with Gasteiger partial charge in [-0.05, 0) is 20.4 Å². The van der Waals surface area contributed by atoms with Crippen LogP contribution in [0.15, 0.2) is 0 Å². The fourth-order valence-corrected chi connectivity index (χ4v) is 2.22. The summed E-state index contributed by atoms with van der Waals surface area (Å²) in [6.45, 7) is 10.5. The molecule has 0 radical (unpaired) electrons. The number of hydrogen-bond acceptors (Lipinski definition) is 6. The van der Waals surface area contributed by atoms with Crippen molar-refractivity contribution in [3.8, 4) is 0 Å². The molecule has 0 spiro atoms. The summed E-state index contributed by atoms with van der Waals surface area (Å²) in [6, 6.07) is 0. The van der Waals surface area contributed by atoms with Gasteiger partial charge in [0.25, 0.3) is 0 Å². The molecule has 6 nitrogen and oxygen atoms in total. The Morgan fingerprint density at radius 1 is 1.42 bits per heavy atom. The molecule has 1 aromatic heterocycles. The van der Waals surface area contributed by atoms with Crippen LogP contribution in [0.5, 0.6) is 0 Å². The number of aromatic nitrogens is 2. The maximum absolute atomic E-state index is 5.84. The van der Waals surface area contributed by atoms with E-state index in [1.165, 1.54) is 0 Å². The van der Waals surface area contributed by atoms with Crippen molar-refractivity contribution in [2.24, 2.45) is 0 Å². The largest absolute Gasteiger partial charge is 0.383 e. The van der Waals surface area contributed by atoms with E-state index in [9.17, 15) is 0 Å². The number of morpholine rings is 1. The second-order valence-electron chi connectivity index (χ2n) is 4.90. The molecule has 19 heavy (non-hydrogen) atoms. The molecule has 6 heteroatoms. The number of ether oxygens (including phenoxy) is 1. The quantitative estimate of drug-likeness (QED) is 0.839. The van der Waals surface area contributed by atoms with Gasteiger partial charge in [-0.15, -0.1) is 0 Å².